The van der Waals surface area contributed by atoms with Gasteiger partial charge in [-0.25, -0.2) is 9.18 Å². The Kier molecular flexibility index (Phi) is 4.90. The van der Waals surface area contributed by atoms with Crippen molar-refractivity contribution in [2.24, 2.45) is 0 Å². The maximum Gasteiger partial charge on any atom is 0.332 e. The molecule has 1 fully saturated rings. The molecule has 114 valence electrons. The number of aryl methyl sites for hydroxylation is 1. The number of ether oxygens (including phenoxy) is 1. The van der Waals surface area contributed by atoms with Crippen LogP contribution in [0.1, 0.15) is 24.0 Å². The fourth-order valence-electron chi connectivity index (χ4n) is 2.39. The van der Waals surface area contributed by atoms with Crippen LogP contribution in [0.2, 0.25) is 0 Å². The molecule has 21 heavy (non-hydrogen) atoms. The Bertz CT molecular complexity index is 546. The van der Waals surface area contributed by atoms with Gasteiger partial charge in [0.05, 0.1) is 0 Å². The topological polar surface area (TPSA) is 75.6 Å². The number of carboxylic acid groups (broad SMARTS) is 1. The van der Waals surface area contributed by atoms with Crippen LogP contribution in [0.15, 0.2) is 18.2 Å². The standard InChI is InChI=1S/C15H18FNO4/c1-9-8-11(16)3-2-10(9)6-7-17-14(18)12-4-5-13(21-12)15(19)20/h2-3,8,12-13H,4-7H2,1H3,(H,17,18)(H,19,20). The highest BCUT2D eigenvalue weighted by Gasteiger charge is 2.34. The highest BCUT2D eigenvalue weighted by Crippen LogP contribution is 2.20. The predicted molar refractivity (Wildman–Crippen MR) is 73.4 cm³/mol. The average Bonchev–Trinajstić information content (AvgIpc) is 2.91. The van der Waals surface area contributed by atoms with Crippen molar-refractivity contribution in [3.63, 3.8) is 0 Å². The number of benzene rings is 1. The van der Waals surface area contributed by atoms with E-state index in [0.29, 0.717) is 25.8 Å². The summed E-state index contributed by atoms with van der Waals surface area (Å²) >= 11 is 0. The van der Waals surface area contributed by atoms with E-state index < -0.39 is 18.2 Å². The van der Waals surface area contributed by atoms with Crippen molar-refractivity contribution in [3.05, 3.63) is 35.1 Å². The molecule has 1 aromatic rings. The molecule has 0 aromatic heterocycles. The number of carbonyl (C=O) groups is 2. The van der Waals surface area contributed by atoms with Crippen LogP contribution in [-0.4, -0.2) is 35.7 Å². The quantitative estimate of drug-likeness (QED) is 0.861. The van der Waals surface area contributed by atoms with Crippen LogP contribution < -0.4 is 5.32 Å². The Morgan fingerprint density at radius 3 is 2.71 bits per heavy atom. The van der Waals surface area contributed by atoms with Crippen LogP contribution in [-0.2, 0) is 20.7 Å². The first-order chi connectivity index (χ1) is 9.97. The van der Waals surface area contributed by atoms with Gasteiger partial charge in [-0.3, -0.25) is 4.79 Å². The lowest BCUT2D eigenvalue weighted by atomic mass is 10.1. The van der Waals surface area contributed by atoms with E-state index in [-0.39, 0.29) is 11.7 Å². The number of rotatable bonds is 5. The summed E-state index contributed by atoms with van der Waals surface area (Å²) in [5.41, 5.74) is 1.81. The first-order valence-electron chi connectivity index (χ1n) is 6.88. The van der Waals surface area contributed by atoms with Crippen molar-refractivity contribution in [2.75, 3.05) is 6.54 Å². The zero-order chi connectivity index (χ0) is 15.4. The monoisotopic (exact) mass is 295 g/mol. The van der Waals surface area contributed by atoms with Crippen LogP contribution in [0.4, 0.5) is 4.39 Å². The Labute approximate surface area is 122 Å². The fourth-order valence-corrected chi connectivity index (χ4v) is 2.39. The summed E-state index contributed by atoms with van der Waals surface area (Å²) in [6, 6.07) is 4.54. The first-order valence-corrected chi connectivity index (χ1v) is 6.88. The summed E-state index contributed by atoms with van der Waals surface area (Å²) < 4.78 is 18.1. The summed E-state index contributed by atoms with van der Waals surface area (Å²) in [7, 11) is 0. The number of carboxylic acids is 1. The van der Waals surface area contributed by atoms with Crippen LogP contribution >= 0.6 is 0 Å². The largest absolute Gasteiger partial charge is 0.479 e. The van der Waals surface area contributed by atoms with Gasteiger partial charge in [0.25, 0.3) is 0 Å². The maximum atomic E-state index is 13.0. The minimum Gasteiger partial charge on any atom is -0.479 e. The average molecular weight is 295 g/mol. The molecule has 2 rings (SSSR count). The molecule has 1 aliphatic rings. The SMILES string of the molecule is Cc1cc(F)ccc1CCNC(=O)C1CCC(C(=O)O)O1. The van der Waals surface area contributed by atoms with E-state index in [1.54, 1.807) is 6.07 Å². The van der Waals surface area contributed by atoms with Crippen molar-refractivity contribution < 1.29 is 23.8 Å². The van der Waals surface area contributed by atoms with Gasteiger partial charge in [0, 0.05) is 6.54 Å². The second-order valence-corrected chi connectivity index (χ2v) is 5.14. The molecule has 0 aliphatic carbocycles. The van der Waals surface area contributed by atoms with Crippen molar-refractivity contribution in [3.8, 4) is 0 Å². The number of nitrogens with one attached hydrogen (secondary N) is 1. The summed E-state index contributed by atoms with van der Waals surface area (Å²) in [6.07, 6.45) is -0.226. The van der Waals surface area contributed by atoms with Crippen molar-refractivity contribution >= 4 is 11.9 Å². The summed E-state index contributed by atoms with van der Waals surface area (Å²) in [4.78, 5) is 22.6. The number of aliphatic carboxylic acids is 1. The van der Waals surface area contributed by atoms with Gasteiger partial charge in [-0.15, -0.1) is 0 Å². The molecular weight excluding hydrogens is 277 g/mol. The molecule has 1 saturated heterocycles. The molecular formula is C15H18FNO4. The van der Waals surface area contributed by atoms with Gasteiger partial charge in [0.1, 0.15) is 11.9 Å². The lowest BCUT2D eigenvalue weighted by Crippen LogP contribution is -2.36. The Balaban J connectivity index is 1.78. The third kappa shape index (κ3) is 4.01. The van der Waals surface area contributed by atoms with Gasteiger partial charge in [-0.05, 0) is 49.4 Å². The van der Waals surface area contributed by atoms with Crippen LogP contribution in [0.25, 0.3) is 0 Å². The Morgan fingerprint density at radius 1 is 1.38 bits per heavy atom. The smallest absolute Gasteiger partial charge is 0.332 e. The van der Waals surface area contributed by atoms with Crippen molar-refractivity contribution in [1.82, 2.24) is 5.32 Å². The molecule has 1 aromatic carbocycles. The van der Waals surface area contributed by atoms with Crippen LogP contribution in [0, 0.1) is 12.7 Å². The Morgan fingerprint density at radius 2 is 2.10 bits per heavy atom. The fraction of sp³-hybridized carbons (Fsp3) is 0.467. The summed E-state index contributed by atoms with van der Waals surface area (Å²) in [6.45, 7) is 2.22. The maximum absolute atomic E-state index is 13.0. The van der Waals surface area contributed by atoms with Gasteiger partial charge in [-0.2, -0.15) is 0 Å². The molecule has 2 N–H and O–H groups in total. The molecule has 2 atom stereocenters. The minimum absolute atomic E-state index is 0.278. The molecule has 0 saturated carbocycles. The zero-order valence-corrected chi connectivity index (χ0v) is 11.8. The minimum atomic E-state index is -1.03. The third-order valence-corrected chi connectivity index (χ3v) is 3.59. The summed E-state index contributed by atoms with van der Waals surface area (Å²) in [5, 5.41) is 11.5. The van der Waals surface area contributed by atoms with Gasteiger partial charge in [-0.1, -0.05) is 6.07 Å². The van der Waals surface area contributed by atoms with Crippen LogP contribution in [0.5, 0.6) is 0 Å². The van der Waals surface area contributed by atoms with Gasteiger partial charge >= 0.3 is 5.97 Å². The number of carbonyl (C=O) groups excluding carboxylic acids is 1. The van der Waals surface area contributed by atoms with E-state index in [2.05, 4.69) is 5.32 Å². The zero-order valence-electron chi connectivity index (χ0n) is 11.8. The van der Waals surface area contributed by atoms with E-state index in [4.69, 9.17) is 9.84 Å². The van der Waals surface area contributed by atoms with E-state index in [0.717, 1.165) is 11.1 Å². The molecule has 5 nitrogen and oxygen atoms in total. The van der Waals surface area contributed by atoms with Gasteiger partial charge in [0.2, 0.25) is 5.91 Å². The highest BCUT2D eigenvalue weighted by molar-refractivity contribution is 5.82. The van der Waals surface area contributed by atoms with E-state index in [1.807, 2.05) is 6.92 Å². The Hall–Kier alpha value is -1.95. The second kappa shape index (κ2) is 6.67. The van der Waals surface area contributed by atoms with E-state index in [9.17, 15) is 14.0 Å². The predicted octanol–water partition coefficient (Wildman–Crippen LogP) is 1.43. The summed E-state index contributed by atoms with van der Waals surface area (Å²) in [5.74, 6) is -1.61. The number of hydrogen-bond acceptors (Lipinski definition) is 3. The third-order valence-electron chi connectivity index (χ3n) is 3.59. The van der Waals surface area contributed by atoms with Crippen LogP contribution in [0.3, 0.4) is 0 Å². The molecule has 1 heterocycles. The van der Waals surface area contributed by atoms with E-state index in [1.165, 1.54) is 12.1 Å². The lowest BCUT2D eigenvalue weighted by Gasteiger charge is -2.12. The normalized spacial score (nSPS) is 21.2. The number of amides is 1. The van der Waals surface area contributed by atoms with E-state index >= 15 is 0 Å². The molecule has 0 spiro atoms. The lowest BCUT2D eigenvalue weighted by molar-refractivity contribution is -0.151. The van der Waals surface area contributed by atoms with Gasteiger partial charge < -0.3 is 15.2 Å². The number of hydrogen-bond donors (Lipinski definition) is 2. The van der Waals surface area contributed by atoms with Crippen molar-refractivity contribution in [1.29, 1.82) is 0 Å². The number of halogens is 1. The molecule has 2 unspecified atom stereocenters. The molecule has 0 bridgehead atoms. The second-order valence-electron chi connectivity index (χ2n) is 5.14. The first kappa shape index (κ1) is 15.4. The molecule has 1 amide bonds. The van der Waals surface area contributed by atoms with Gasteiger partial charge in [0.15, 0.2) is 6.10 Å². The highest BCUT2D eigenvalue weighted by atomic mass is 19.1. The molecule has 6 heteroatoms. The molecule has 1 aliphatic heterocycles. The molecule has 0 radical (unpaired) electrons. The van der Waals surface area contributed by atoms with Crippen molar-refractivity contribution in [2.45, 2.75) is 38.4 Å².